The molecular formula is C28H27N6O4+. The molecule has 1 aliphatic carbocycles. The molecule has 0 bridgehead atoms. The van der Waals surface area contributed by atoms with Crippen LogP contribution < -0.4 is 10.1 Å². The van der Waals surface area contributed by atoms with Crippen LogP contribution in [0.25, 0.3) is 0 Å². The fourth-order valence-corrected chi connectivity index (χ4v) is 5.51. The van der Waals surface area contributed by atoms with Gasteiger partial charge in [-0.15, -0.1) is 0 Å². The fourth-order valence-electron chi connectivity index (χ4n) is 5.51. The Kier molecular flexibility index (Phi) is 5.67. The third-order valence-corrected chi connectivity index (χ3v) is 6.96. The lowest BCUT2D eigenvalue weighted by Crippen LogP contribution is -2.61. The van der Waals surface area contributed by atoms with Crippen LogP contribution in [0, 0.1) is 18.8 Å². The molecule has 0 amide bonds. The lowest BCUT2D eigenvalue weighted by Gasteiger charge is -2.42. The highest BCUT2D eigenvalue weighted by Gasteiger charge is 2.64. The topological polar surface area (TPSA) is 109 Å². The van der Waals surface area contributed by atoms with Gasteiger partial charge in [-0.2, -0.15) is 0 Å². The van der Waals surface area contributed by atoms with Crippen LogP contribution in [0.5, 0.6) is 6.01 Å². The Balaban J connectivity index is 1.57. The van der Waals surface area contributed by atoms with E-state index in [1.807, 2.05) is 79.6 Å². The molecule has 0 unspecified atom stereocenters. The zero-order valence-corrected chi connectivity index (χ0v) is 21.3. The van der Waals surface area contributed by atoms with Gasteiger partial charge in [0.1, 0.15) is 12.3 Å². The number of allylic oxidation sites excluding steroid dienone is 4. The van der Waals surface area contributed by atoms with Gasteiger partial charge in [-0.25, -0.2) is 15.0 Å². The molecule has 0 saturated carbocycles. The van der Waals surface area contributed by atoms with Crippen molar-refractivity contribution < 1.29 is 19.0 Å². The largest absolute Gasteiger partial charge is 0.466 e. The second-order valence-corrected chi connectivity index (χ2v) is 9.43. The van der Waals surface area contributed by atoms with E-state index in [1.165, 1.54) is 0 Å². The highest BCUT2D eigenvalue weighted by Crippen LogP contribution is 2.53. The van der Waals surface area contributed by atoms with Crippen LogP contribution in [0.3, 0.4) is 0 Å². The van der Waals surface area contributed by atoms with Crippen LogP contribution in [0.4, 0.5) is 0 Å². The number of nitroso groups, excluding NO2 is 1. The number of nitrogens with zero attached hydrogens (tertiary/aromatic N) is 5. The number of carbonyl (C=O) groups excluding carboxylic acids is 1. The summed E-state index contributed by atoms with van der Waals surface area (Å²) in [5.74, 6) is 0.844. The first-order valence-corrected chi connectivity index (χ1v) is 12.5. The number of amidine groups is 1. The van der Waals surface area contributed by atoms with Crippen LogP contribution in [0.15, 0.2) is 88.5 Å². The van der Waals surface area contributed by atoms with Gasteiger partial charge in [0.25, 0.3) is 6.67 Å². The predicted molar refractivity (Wildman–Crippen MR) is 139 cm³/mol. The molecule has 4 heterocycles. The maximum absolute atomic E-state index is 13.7. The molecule has 192 valence electrons. The number of aryl methyl sites for hydroxylation is 2. The van der Waals surface area contributed by atoms with E-state index in [0.717, 1.165) is 32.9 Å². The van der Waals surface area contributed by atoms with E-state index in [-0.39, 0.29) is 25.1 Å². The van der Waals surface area contributed by atoms with E-state index in [0.29, 0.717) is 24.0 Å². The third kappa shape index (κ3) is 3.63. The van der Waals surface area contributed by atoms with Gasteiger partial charge in [0, 0.05) is 22.5 Å². The fraction of sp³-hybridized carbons (Fsp3) is 0.286. The molecule has 10 nitrogen and oxygen atoms in total. The molecule has 0 radical (unpaired) electrons. The number of carbonyl (C=O) groups is 1. The number of aliphatic imine (C=N–C) groups is 1. The summed E-state index contributed by atoms with van der Waals surface area (Å²) in [6.45, 7) is 5.77. The molecule has 4 aliphatic rings. The summed E-state index contributed by atoms with van der Waals surface area (Å²) in [7, 11) is 0. The Morgan fingerprint density at radius 2 is 1.97 bits per heavy atom. The third-order valence-electron chi connectivity index (χ3n) is 6.96. The van der Waals surface area contributed by atoms with Crippen LogP contribution in [0.1, 0.15) is 30.3 Å². The highest BCUT2D eigenvalue weighted by molar-refractivity contribution is 6.03. The van der Waals surface area contributed by atoms with Gasteiger partial charge in [-0.05, 0) is 43.5 Å². The monoisotopic (exact) mass is 511 g/mol. The molecule has 1 aromatic carbocycles. The normalized spacial score (nSPS) is 23.1. The summed E-state index contributed by atoms with van der Waals surface area (Å²) < 4.78 is 12.5. The van der Waals surface area contributed by atoms with E-state index in [2.05, 4.69) is 15.3 Å². The van der Waals surface area contributed by atoms with E-state index in [4.69, 9.17) is 14.5 Å². The Bertz CT molecular complexity index is 1490. The number of hydrogen-bond acceptors (Lipinski definition) is 9. The first kappa shape index (κ1) is 23.8. The second-order valence-electron chi connectivity index (χ2n) is 9.43. The van der Waals surface area contributed by atoms with Crippen molar-refractivity contribution in [3.8, 4) is 6.01 Å². The summed E-state index contributed by atoms with van der Waals surface area (Å²) in [5.41, 5.74) is 3.69. The van der Waals surface area contributed by atoms with Gasteiger partial charge < -0.3 is 14.8 Å². The van der Waals surface area contributed by atoms with Crippen molar-refractivity contribution in [1.82, 2.24) is 20.2 Å². The van der Waals surface area contributed by atoms with E-state index in [9.17, 15) is 9.70 Å². The van der Waals surface area contributed by atoms with Gasteiger partial charge in [-0.1, -0.05) is 48.6 Å². The minimum Gasteiger partial charge on any atom is -0.466 e. The number of fused-ring (bicyclic) bond motifs is 4. The number of nitrogens with one attached hydrogen (secondary N) is 1. The molecule has 1 aromatic heterocycles. The first-order chi connectivity index (χ1) is 18.4. The number of esters is 1. The molecule has 10 heteroatoms. The van der Waals surface area contributed by atoms with Gasteiger partial charge in [0.05, 0.1) is 17.1 Å². The van der Waals surface area contributed by atoms with Crippen molar-refractivity contribution in [2.24, 2.45) is 4.99 Å². The van der Waals surface area contributed by atoms with Crippen LogP contribution in [-0.4, -0.2) is 50.9 Å². The summed E-state index contributed by atoms with van der Waals surface area (Å²) in [6, 6.07) is 11.8. The maximum Gasteiger partial charge on any atom is 0.367 e. The van der Waals surface area contributed by atoms with Gasteiger partial charge >= 0.3 is 18.2 Å². The molecule has 2 atom stereocenters. The molecule has 3 aliphatic heterocycles. The quantitative estimate of drug-likeness (QED) is 0.465. The minimum atomic E-state index is -1.10. The Labute approximate surface area is 219 Å². The van der Waals surface area contributed by atoms with E-state index >= 15 is 0 Å². The summed E-state index contributed by atoms with van der Waals surface area (Å²) in [4.78, 5) is 41.5. The minimum absolute atomic E-state index is 0.0322. The average Bonchev–Trinajstić information content (AvgIpc) is 3.32. The maximum atomic E-state index is 13.7. The standard InChI is InChI=1S/C28H27N6O4/c1-4-37-23(35)14-22-32-25-24-28(20-10-6-5-7-11-20,21-12-8-9-19(21)15-33(22)25)26(34(36)16-29-24)38-27-30-17(2)13-18(3)31-27/h5-13,15,26,29H,4,14,16H2,1-3H3/q+1/t26-,28-/m0/s1. The molecule has 1 N–H and O–H groups in total. The molecule has 6 rings (SSSR count). The number of benzene rings is 1. The van der Waals surface area contributed by atoms with Crippen LogP contribution in [0.2, 0.25) is 0 Å². The Morgan fingerprint density at radius 3 is 2.71 bits per heavy atom. The molecule has 38 heavy (non-hydrogen) atoms. The van der Waals surface area contributed by atoms with Crippen molar-refractivity contribution in [2.75, 3.05) is 13.3 Å². The van der Waals surface area contributed by atoms with Crippen molar-refractivity contribution >= 4 is 11.8 Å². The van der Waals surface area contributed by atoms with Crippen molar-refractivity contribution in [3.05, 3.63) is 105 Å². The summed E-state index contributed by atoms with van der Waals surface area (Å²) >= 11 is 0. The van der Waals surface area contributed by atoms with Gasteiger partial charge in [0.15, 0.2) is 11.2 Å². The van der Waals surface area contributed by atoms with Crippen molar-refractivity contribution in [3.63, 3.8) is 0 Å². The van der Waals surface area contributed by atoms with E-state index < -0.39 is 11.6 Å². The molecule has 2 aromatic rings. The van der Waals surface area contributed by atoms with Gasteiger partial charge in [0.2, 0.25) is 0 Å². The highest BCUT2D eigenvalue weighted by atomic mass is 16.5. The molecular weight excluding hydrogens is 484 g/mol. The number of aromatic nitrogens is 2. The first-order valence-electron chi connectivity index (χ1n) is 12.5. The summed E-state index contributed by atoms with van der Waals surface area (Å²) in [6.07, 6.45) is 6.87. The number of hydrogen-bond donors (Lipinski definition) is 1. The van der Waals surface area contributed by atoms with Crippen molar-refractivity contribution in [1.29, 1.82) is 0 Å². The van der Waals surface area contributed by atoms with Crippen LogP contribution in [-0.2, 0) is 14.9 Å². The molecule has 1 saturated heterocycles. The SMILES string of the molecule is CCOC(=O)CC1=NC2=C3NC[N+](=O)[C@@H](Oc4nc(C)cc(C)n4)[C@@]3(c3ccccc3)C3=CC=CC3=CN12. The van der Waals surface area contributed by atoms with E-state index in [1.54, 1.807) is 6.92 Å². The average molecular weight is 512 g/mol. The molecule has 0 spiro atoms. The number of rotatable bonds is 6. The lowest BCUT2D eigenvalue weighted by atomic mass is 9.67. The Hall–Kier alpha value is -4.60. The second kappa shape index (κ2) is 9.05. The van der Waals surface area contributed by atoms with Crippen LogP contribution >= 0.6 is 0 Å². The number of ether oxygens (including phenoxy) is 2. The lowest BCUT2D eigenvalue weighted by molar-refractivity contribution is -0.640. The zero-order chi connectivity index (χ0) is 26.4. The zero-order valence-electron chi connectivity index (χ0n) is 21.3. The van der Waals surface area contributed by atoms with Gasteiger partial charge in [-0.3, -0.25) is 9.69 Å². The summed E-state index contributed by atoms with van der Waals surface area (Å²) in [5, 5.41) is 3.34. The molecule has 1 fully saturated rings. The van der Waals surface area contributed by atoms with Crippen molar-refractivity contribution in [2.45, 2.75) is 38.8 Å². The smallest absolute Gasteiger partial charge is 0.367 e. The predicted octanol–water partition coefficient (Wildman–Crippen LogP) is 3.31. The Morgan fingerprint density at radius 1 is 1.21 bits per heavy atom.